The summed E-state index contributed by atoms with van der Waals surface area (Å²) in [7, 11) is 0. The van der Waals surface area contributed by atoms with Gasteiger partial charge >= 0.3 is 0 Å². The van der Waals surface area contributed by atoms with Crippen molar-refractivity contribution in [2.45, 2.75) is 19.8 Å². The number of hydrogen-bond acceptors (Lipinski definition) is 3. The number of ether oxygens (including phenoxy) is 1. The smallest absolute Gasteiger partial charge is 0.255 e. The molecule has 0 aliphatic heterocycles. The maximum Gasteiger partial charge on any atom is 0.255 e. The summed E-state index contributed by atoms with van der Waals surface area (Å²) < 4.78 is 5.44. The van der Waals surface area contributed by atoms with Crippen molar-refractivity contribution in [1.29, 1.82) is 0 Å². The van der Waals surface area contributed by atoms with Crippen LogP contribution < -0.4 is 15.4 Å². The van der Waals surface area contributed by atoms with Crippen LogP contribution in [0, 0.1) is 0 Å². The summed E-state index contributed by atoms with van der Waals surface area (Å²) in [5.41, 5.74) is 1.60. The minimum absolute atomic E-state index is 0.0796. The zero-order chi connectivity index (χ0) is 18.1. The van der Waals surface area contributed by atoms with Gasteiger partial charge in [-0.25, -0.2) is 0 Å². The first-order valence-corrected chi connectivity index (χ1v) is 8.18. The molecule has 0 unspecified atom stereocenters. The van der Waals surface area contributed by atoms with Crippen molar-refractivity contribution in [3.8, 4) is 5.75 Å². The van der Waals surface area contributed by atoms with E-state index in [1.807, 2.05) is 6.92 Å². The number of para-hydroxylation sites is 2. The van der Waals surface area contributed by atoms with Gasteiger partial charge in [0.1, 0.15) is 12.4 Å². The van der Waals surface area contributed by atoms with Crippen LogP contribution in [0.2, 0.25) is 0 Å². The number of rotatable bonds is 8. The third-order valence-electron chi connectivity index (χ3n) is 3.39. The second-order valence-corrected chi connectivity index (χ2v) is 5.43. The van der Waals surface area contributed by atoms with E-state index in [1.165, 1.54) is 0 Å². The number of carbonyl (C=O) groups excluding carboxylic acids is 2. The molecule has 0 heterocycles. The SMILES string of the molecule is C=CCOc1cccc(C(=O)Nc2ccccc2NC(=O)CCC)c1. The summed E-state index contributed by atoms with van der Waals surface area (Å²) >= 11 is 0. The van der Waals surface area contributed by atoms with Crippen molar-refractivity contribution in [2.24, 2.45) is 0 Å². The van der Waals surface area contributed by atoms with E-state index in [0.29, 0.717) is 35.7 Å². The predicted octanol–water partition coefficient (Wildman–Crippen LogP) is 4.24. The lowest BCUT2D eigenvalue weighted by Crippen LogP contribution is -2.16. The highest BCUT2D eigenvalue weighted by atomic mass is 16.5. The molecular formula is C20H22N2O3. The minimum atomic E-state index is -0.277. The van der Waals surface area contributed by atoms with Gasteiger partial charge in [-0.1, -0.05) is 37.8 Å². The Kier molecular flexibility index (Phi) is 6.77. The number of nitrogens with one attached hydrogen (secondary N) is 2. The molecule has 5 nitrogen and oxygen atoms in total. The Balaban J connectivity index is 2.12. The molecule has 0 fully saturated rings. The van der Waals surface area contributed by atoms with Crippen LogP contribution in [0.5, 0.6) is 5.75 Å². The zero-order valence-electron chi connectivity index (χ0n) is 14.2. The molecule has 25 heavy (non-hydrogen) atoms. The van der Waals surface area contributed by atoms with Crippen LogP contribution in [-0.2, 0) is 4.79 Å². The zero-order valence-corrected chi connectivity index (χ0v) is 14.2. The maximum atomic E-state index is 12.5. The van der Waals surface area contributed by atoms with Crippen LogP contribution in [0.1, 0.15) is 30.1 Å². The summed E-state index contributed by atoms with van der Waals surface area (Å²) in [6.45, 7) is 5.91. The molecule has 5 heteroatoms. The number of carbonyl (C=O) groups is 2. The van der Waals surface area contributed by atoms with Gasteiger partial charge in [0.25, 0.3) is 5.91 Å². The average Bonchev–Trinajstić information content (AvgIpc) is 2.62. The van der Waals surface area contributed by atoms with Gasteiger partial charge in [-0.3, -0.25) is 9.59 Å². The van der Waals surface area contributed by atoms with Crippen molar-refractivity contribution in [3.63, 3.8) is 0 Å². The Labute approximate surface area is 147 Å². The lowest BCUT2D eigenvalue weighted by atomic mass is 10.2. The standard InChI is InChI=1S/C20H22N2O3/c1-3-8-19(23)21-17-11-5-6-12-18(17)22-20(24)15-9-7-10-16(14-15)25-13-4-2/h4-7,9-12,14H,2-3,8,13H2,1H3,(H,21,23)(H,22,24). The Hall–Kier alpha value is -3.08. The molecule has 0 aromatic heterocycles. The molecule has 130 valence electrons. The first kappa shape index (κ1) is 18.3. The summed E-state index contributed by atoms with van der Waals surface area (Å²) in [6.07, 6.45) is 2.84. The fourth-order valence-corrected chi connectivity index (χ4v) is 2.22. The maximum absolute atomic E-state index is 12.5. The molecule has 0 radical (unpaired) electrons. The normalized spacial score (nSPS) is 9.96. The monoisotopic (exact) mass is 338 g/mol. The van der Waals surface area contributed by atoms with E-state index in [4.69, 9.17) is 4.74 Å². The molecule has 0 spiro atoms. The van der Waals surface area contributed by atoms with Gasteiger partial charge in [-0.2, -0.15) is 0 Å². The number of anilines is 2. The van der Waals surface area contributed by atoms with Crippen molar-refractivity contribution < 1.29 is 14.3 Å². The van der Waals surface area contributed by atoms with Gasteiger partial charge in [0.2, 0.25) is 5.91 Å². The van der Waals surface area contributed by atoms with Crippen LogP contribution in [0.3, 0.4) is 0 Å². The largest absolute Gasteiger partial charge is 0.490 e. The number of amides is 2. The first-order valence-electron chi connectivity index (χ1n) is 8.18. The Bertz CT molecular complexity index is 756. The molecule has 2 N–H and O–H groups in total. The summed E-state index contributed by atoms with van der Waals surface area (Å²) in [4.78, 5) is 24.3. The van der Waals surface area contributed by atoms with Gasteiger partial charge in [-0.05, 0) is 36.8 Å². The molecular weight excluding hydrogens is 316 g/mol. The van der Waals surface area contributed by atoms with E-state index < -0.39 is 0 Å². The molecule has 0 atom stereocenters. The van der Waals surface area contributed by atoms with E-state index in [2.05, 4.69) is 17.2 Å². The van der Waals surface area contributed by atoms with Crippen molar-refractivity contribution in [1.82, 2.24) is 0 Å². The van der Waals surface area contributed by atoms with Gasteiger partial charge in [-0.15, -0.1) is 0 Å². The lowest BCUT2D eigenvalue weighted by Gasteiger charge is -2.12. The topological polar surface area (TPSA) is 67.4 Å². The van der Waals surface area contributed by atoms with Gasteiger partial charge in [0.15, 0.2) is 0 Å². The predicted molar refractivity (Wildman–Crippen MR) is 100 cm³/mol. The highest BCUT2D eigenvalue weighted by molar-refractivity contribution is 6.07. The Morgan fingerprint density at radius 1 is 1.08 bits per heavy atom. The third kappa shape index (κ3) is 5.49. The van der Waals surface area contributed by atoms with Crippen molar-refractivity contribution >= 4 is 23.2 Å². The van der Waals surface area contributed by atoms with E-state index in [0.717, 1.165) is 6.42 Å². The molecule has 2 amide bonds. The number of benzene rings is 2. The van der Waals surface area contributed by atoms with E-state index in [9.17, 15) is 9.59 Å². The van der Waals surface area contributed by atoms with E-state index >= 15 is 0 Å². The van der Waals surface area contributed by atoms with Crippen LogP contribution in [0.4, 0.5) is 11.4 Å². The minimum Gasteiger partial charge on any atom is -0.490 e. The van der Waals surface area contributed by atoms with E-state index in [-0.39, 0.29) is 11.8 Å². The third-order valence-corrected chi connectivity index (χ3v) is 3.39. The summed E-state index contributed by atoms with van der Waals surface area (Å²) in [6, 6.07) is 14.0. The Morgan fingerprint density at radius 2 is 1.80 bits per heavy atom. The fraction of sp³-hybridized carbons (Fsp3) is 0.200. The molecule has 2 rings (SSSR count). The molecule has 0 aliphatic rings. The number of hydrogen-bond donors (Lipinski definition) is 2. The van der Waals surface area contributed by atoms with Crippen LogP contribution in [0.15, 0.2) is 61.2 Å². The summed E-state index contributed by atoms with van der Waals surface area (Å²) in [5, 5.41) is 5.65. The van der Waals surface area contributed by atoms with Crippen molar-refractivity contribution in [2.75, 3.05) is 17.2 Å². The van der Waals surface area contributed by atoms with Crippen LogP contribution >= 0.6 is 0 Å². The first-order chi connectivity index (χ1) is 12.1. The summed E-state index contributed by atoms with van der Waals surface area (Å²) in [5.74, 6) is 0.238. The second-order valence-electron chi connectivity index (χ2n) is 5.43. The molecule has 2 aromatic rings. The van der Waals surface area contributed by atoms with E-state index in [1.54, 1.807) is 54.6 Å². The second kappa shape index (κ2) is 9.27. The highest BCUT2D eigenvalue weighted by Crippen LogP contribution is 2.23. The lowest BCUT2D eigenvalue weighted by molar-refractivity contribution is -0.116. The molecule has 0 bridgehead atoms. The fourth-order valence-electron chi connectivity index (χ4n) is 2.22. The van der Waals surface area contributed by atoms with Gasteiger partial charge < -0.3 is 15.4 Å². The van der Waals surface area contributed by atoms with Gasteiger partial charge in [0, 0.05) is 12.0 Å². The molecule has 0 saturated carbocycles. The molecule has 0 saturated heterocycles. The molecule has 0 aliphatic carbocycles. The van der Waals surface area contributed by atoms with Crippen LogP contribution in [0.25, 0.3) is 0 Å². The van der Waals surface area contributed by atoms with Gasteiger partial charge in [0.05, 0.1) is 11.4 Å². The molecule has 2 aromatic carbocycles. The highest BCUT2D eigenvalue weighted by Gasteiger charge is 2.11. The quantitative estimate of drug-likeness (QED) is 0.707. The average molecular weight is 338 g/mol. The Morgan fingerprint density at radius 3 is 2.48 bits per heavy atom. The van der Waals surface area contributed by atoms with Crippen molar-refractivity contribution in [3.05, 3.63) is 66.7 Å². The van der Waals surface area contributed by atoms with Crippen LogP contribution in [-0.4, -0.2) is 18.4 Å².